The summed E-state index contributed by atoms with van der Waals surface area (Å²) in [6.07, 6.45) is 2.00. The van der Waals surface area contributed by atoms with E-state index in [0.29, 0.717) is 6.42 Å². The zero-order chi connectivity index (χ0) is 12.7. The van der Waals surface area contributed by atoms with Crippen LogP contribution in [0.25, 0.3) is 0 Å². The lowest BCUT2D eigenvalue weighted by Gasteiger charge is -2.05. The van der Waals surface area contributed by atoms with E-state index in [4.69, 9.17) is 14.2 Å². The van der Waals surface area contributed by atoms with Gasteiger partial charge in [0.25, 0.3) is 0 Å². The highest BCUT2D eigenvalue weighted by molar-refractivity contribution is 5.71. The lowest BCUT2D eigenvalue weighted by molar-refractivity contribution is -0.135. The molecular weight excluding hydrogens is 226 g/mol. The van der Waals surface area contributed by atoms with Crippen molar-refractivity contribution in [3.05, 3.63) is 0 Å². The van der Waals surface area contributed by atoms with Crippen LogP contribution in [-0.2, 0) is 4.79 Å². The fourth-order valence-electron chi connectivity index (χ4n) is 1.02. The van der Waals surface area contributed by atoms with Crippen LogP contribution < -0.4 is 14.2 Å². The van der Waals surface area contributed by atoms with Crippen molar-refractivity contribution in [3.8, 4) is 18.0 Å². The second-order valence-corrected chi connectivity index (χ2v) is 3.17. The molecule has 17 heavy (non-hydrogen) atoms. The Morgan fingerprint density at radius 1 is 1.06 bits per heavy atom. The molecule has 0 bridgehead atoms. The maximum atomic E-state index is 11.4. The topological polar surface area (TPSA) is 83.4 Å². The summed E-state index contributed by atoms with van der Waals surface area (Å²) in [5, 5.41) is 0. The second kappa shape index (κ2) is 6.62. The number of carbonyl (C=O) groups is 1. The van der Waals surface area contributed by atoms with E-state index in [2.05, 4.69) is 15.0 Å². The van der Waals surface area contributed by atoms with Crippen LogP contribution in [0.2, 0.25) is 0 Å². The Kier molecular flexibility index (Phi) is 5.12. The quantitative estimate of drug-likeness (QED) is 0.686. The zero-order valence-corrected chi connectivity index (χ0v) is 10.1. The molecule has 0 radical (unpaired) electrons. The van der Waals surface area contributed by atoms with Crippen molar-refractivity contribution in [2.24, 2.45) is 0 Å². The molecule has 94 valence electrons. The lowest BCUT2D eigenvalue weighted by Crippen LogP contribution is -2.11. The van der Waals surface area contributed by atoms with Crippen LogP contribution in [0.4, 0.5) is 0 Å². The molecule has 0 spiro atoms. The summed E-state index contributed by atoms with van der Waals surface area (Å²) < 4.78 is 14.6. The molecule has 7 nitrogen and oxygen atoms in total. The smallest absolute Gasteiger partial charge is 0.333 e. The minimum Gasteiger partial charge on any atom is -0.467 e. The molecule has 0 atom stereocenters. The van der Waals surface area contributed by atoms with Gasteiger partial charge in [-0.25, -0.2) is 0 Å². The number of methoxy groups -OCH3 is 2. The van der Waals surface area contributed by atoms with E-state index in [1.807, 2.05) is 6.92 Å². The molecule has 1 rings (SSSR count). The maximum Gasteiger partial charge on any atom is 0.333 e. The van der Waals surface area contributed by atoms with E-state index in [-0.39, 0.29) is 24.0 Å². The SMILES string of the molecule is CCCCC(=O)Oc1nc(OC)nc(OC)n1. The summed E-state index contributed by atoms with van der Waals surface area (Å²) in [6.45, 7) is 1.99. The minimum absolute atomic E-state index is 0.0372. The predicted molar refractivity (Wildman–Crippen MR) is 58.1 cm³/mol. The van der Waals surface area contributed by atoms with E-state index in [0.717, 1.165) is 12.8 Å². The first-order chi connectivity index (χ1) is 8.19. The van der Waals surface area contributed by atoms with Crippen LogP contribution >= 0.6 is 0 Å². The van der Waals surface area contributed by atoms with Crippen molar-refractivity contribution in [2.75, 3.05) is 14.2 Å². The summed E-state index contributed by atoms with van der Waals surface area (Å²) in [4.78, 5) is 22.7. The summed E-state index contributed by atoms with van der Waals surface area (Å²) in [6, 6.07) is -0.0416. The third-order valence-electron chi connectivity index (χ3n) is 1.88. The van der Waals surface area contributed by atoms with Gasteiger partial charge in [0, 0.05) is 6.42 Å². The Balaban J connectivity index is 2.72. The number of hydrogen-bond donors (Lipinski definition) is 0. The molecule has 1 aromatic heterocycles. The van der Waals surface area contributed by atoms with Crippen molar-refractivity contribution in [1.29, 1.82) is 0 Å². The minimum atomic E-state index is -0.387. The molecule has 1 aromatic rings. The number of carbonyl (C=O) groups excluding carboxylic acids is 1. The van der Waals surface area contributed by atoms with Crippen molar-refractivity contribution < 1.29 is 19.0 Å². The first kappa shape index (κ1) is 13.1. The van der Waals surface area contributed by atoms with Crippen LogP contribution in [0, 0.1) is 0 Å². The highest BCUT2D eigenvalue weighted by atomic mass is 16.6. The number of nitrogens with zero attached hydrogens (tertiary/aromatic N) is 3. The molecule has 0 saturated heterocycles. The van der Waals surface area contributed by atoms with Gasteiger partial charge in [-0.2, -0.15) is 0 Å². The van der Waals surface area contributed by atoms with Crippen molar-refractivity contribution in [3.63, 3.8) is 0 Å². The number of unbranched alkanes of at least 4 members (excludes halogenated alkanes) is 1. The average Bonchev–Trinajstić information content (AvgIpc) is 2.35. The van der Waals surface area contributed by atoms with E-state index >= 15 is 0 Å². The van der Waals surface area contributed by atoms with E-state index < -0.39 is 0 Å². The second-order valence-electron chi connectivity index (χ2n) is 3.17. The first-order valence-corrected chi connectivity index (χ1v) is 5.24. The molecule has 0 aliphatic heterocycles. The predicted octanol–water partition coefficient (Wildman–Crippen LogP) is 0.984. The molecule has 1 heterocycles. The molecule has 0 saturated carbocycles. The zero-order valence-electron chi connectivity index (χ0n) is 10.1. The molecule has 0 amide bonds. The van der Waals surface area contributed by atoms with Gasteiger partial charge in [-0.3, -0.25) is 4.79 Å². The summed E-state index contributed by atoms with van der Waals surface area (Å²) in [7, 11) is 2.80. The first-order valence-electron chi connectivity index (χ1n) is 5.24. The Morgan fingerprint density at radius 2 is 1.59 bits per heavy atom. The molecule has 0 fully saturated rings. The number of aromatic nitrogens is 3. The van der Waals surface area contributed by atoms with Crippen LogP contribution in [-0.4, -0.2) is 35.1 Å². The van der Waals surface area contributed by atoms with Gasteiger partial charge in [0.15, 0.2) is 0 Å². The van der Waals surface area contributed by atoms with Gasteiger partial charge < -0.3 is 14.2 Å². The third-order valence-corrected chi connectivity index (χ3v) is 1.88. The largest absolute Gasteiger partial charge is 0.467 e. The van der Waals surface area contributed by atoms with Gasteiger partial charge in [0.05, 0.1) is 14.2 Å². The summed E-state index contributed by atoms with van der Waals surface area (Å²) >= 11 is 0. The summed E-state index contributed by atoms with van der Waals surface area (Å²) in [5.41, 5.74) is 0. The molecule has 0 aliphatic rings. The van der Waals surface area contributed by atoms with Crippen LogP contribution in [0.15, 0.2) is 0 Å². The fraction of sp³-hybridized carbons (Fsp3) is 0.600. The Morgan fingerprint density at radius 3 is 2.06 bits per heavy atom. The number of rotatable bonds is 6. The fourth-order valence-corrected chi connectivity index (χ4v) is 1.02. The summed E-state index contributed by atoms with van der Waals surface area (Å²) in [5.74, 6) is -0.387. The van der Waals surface area contributed by atoms with Crippen molar-refractivity contribution >= 4 is 5.97 Å². The van der Waals surface area contributed by atoms with E-state index in [9.17, 15) is 4.79 Å². The van der Waals surface area contributed by atoms with Gasteiger partial charge in [0.1, 0.15) is 0 Å². The van der Waals surface area contributed by atoms with Crippen molar-refractivity contribution in [2.45, 2.75) is 26.2 Å². The highest BCUT2D eigenvalue weighted by Gasteiger charge is 2.11. The normalized spacial score (nSPS) is 9.82. The molecular formula is C10H15N3O4. The lowest BCUT2D eigenvalue weighted by atomic mass is 10.3. The Labute approximate surface area is 99.1 Å². The van der Waals surface area contributed by atoms with Gasteiger partial charge in [-0.05, 0) is 6.42 Å². The number of ether oxygens (including phenoxy) is 3. The van der Waals surface area contributed by atoms with Gasteiger partial charge in [0.2, 0.25) is 0 Å². The van der Waals surface area contributed by atoms with Gasteiger partial charge in [-0.1, -0.05) is 13.3 Å². The van der Waals surface area contributed by atoms with Crippen LogP contribution in [0.3, 0.4) is 0 Å². The molecule has 0 unspecified atom stereocenters. The van der Waals surface area contributed by atoms with Gasteiger partial charge in [-0.15, -0.1) is 15.0 Å². The van der Waals surface area contributed by atoms with E-state index in [1.54, 1.807) is 0 Å². The molecule has 0 aromatic carbocycles. The van der Waals surface area contributed by atoms with E-state index in [1.165, 1.54) is 14.2 Å². The standard InChI is InChI=1S/C10H15N3O4/c1-4-5-6-7(14)17-10-12-8(15-2)11-9(13-10)16-3/h4-6H2,1-3H3. The van der Waals surface area contributed by atoms with Crippen LogP contribution in [0.5, 0.6) is 18.0 Å². The number of esters is 1. The monoisotopic (exact) mass is 241 g/mol. The Bertz CT molecular complexity index is 362. The maximum absolute atomic E-state index is 11.4. The molecule has 0 aliphatic carbocycles. The van der Waals surface area contributed by atoms with Crippen LogP contribution in [0.1, 0.15) is 26.2 Å². The number of hydrogen-bond acceptors (Lipinski definition) is 7. The average molecular weight is 241 g/mol. The third kappa shape index (κ3) is 4.21. The Hall–Kier alpha value is -1.92. The molecule has 7 heteroatoms. The highest BCUT2D eigenvalue weighted by Crippen LogP contribution is 2.14. The van der Waals surface area contributed by atoms with Crippen molar-refractivity contribution in [1.82, 2.24) is 15.0 Å². The molecule has 0 N–H and O–H groups in total. The van der Waals surface area contributed by atoms with Gasteiger partial charge >= 0.3 is 24.0 Å².